The molecule has 3 heteroatoms. The average Bonchev–Trinajstić information content (AvgIpc) is 2.70. The molecule has 1 heterocycles. The van der Waals surface area contributed by atoms with E-state index < -0.39 is 5.97 Å². The third-order valence-corrected chi connectivity index (χ3v) is 5.94. The average molecular weight is 393 g/mol. The molecule has 1 atom stereocenters. The summed E-state index contributed by atoms with van der Waals surface area (Å²) in [5.41, 5.74) is 4.11. The van der Waals surface area contributed by atoms with Crippen LogP contribution in [0.5, 0.6) is 5.75 Å². The normalized spacial score (nSPS) is 16.2. The molecule has 3 rings (SSSR count). The molecule has 0 unspecified atom stereocenters. The van der Waals surface area contributed by atoms with Crippen molar-refractivity contribution in [2.75, 3.05) is 6.61 Å². The largest absolute Gasteiger partial charge is 0.493 e. The van der Waals surface area contributed by atoms with Gasteiger partial charge in [0.05, 0.1) is 12.2 Å². The van der Waals surface area contributed by atoms with E-state index in [1.807, 2.05) is 12.1 Å². The number of rotatable bonds is 8. The Morgan fingerprint density at radius 1 is 1.17 bits per heavy atom. The van der Waals surface area contributed by atoms with Crippen LogP contribution in [-0.2, 0) is 5.41 Å². The number of unbranched alkanes of at least 4 members (excludes halogenated alkanes) is 2. The van der Waals surface area contributed by atoms with E-state index in [0.717, 1.165) is 30.8 Å². The van der Waals surface area contributed by atoms with Gasteiger partial charge in [0, 0.05) is 11.5 Å². The van der Waals surface area contributed by atoms with Crippen molar-refractivity contribution in [2.45, 2.75) is 64.2 Å². The molecule has 3 nitrogen and oxygen atoms in total. The Bertz CT molecular complexity index is 862. The summed E-state index contributed by atoms with van der Waals surface area (Å²) < 4.78 is 5.89. The molecule has 2 aromatic rings. The van der Waals surface area contributed by atoms with Crippen molar-refractivity contribution in [1.29, 1.82) is 0 Å². The summed E-state index contributed by atoms with van der Waals surface area (Å²) in [5, 5.41) is 9.07. The Kier molecular flexibility index (Phi) is 6.79. The van der Waals surface area contributed by atoms with Gasteiger partial charge in [0.15, 0.2) is 0 Å². The Balaban J connectivity index is 1.86. The molecule has 0 saturated heterocycles. The maximum atomic E-state index is 11.1. The van der Waals surface area contributed by atoms with Crippen molar-refractivity contribution < 1.29 is 14.6 Å². The molecule has 1 aliphatic rings. The van der Waals surface area contributed by atoms with Crippen LogP contribution in [0.3, 0.4) is 0 Å². The van der Waals surface area contributed by atoms with Gasteiger partial charge in [-0.2, -0.15) is 0 Å². The first kappa shape index (κ1) is 21.2. The highest BCUT2D eigenvalue weighted by Gasteiger charge is 2.29. The summed E-state index contributed by atoms with van der Waals surface area (Å²) in [7, 11) is 0. The number of ether oxygens (including phenoxy) is 1. The first-order valence-electron chi connectivity index (χ1n) is 10.7. The molecule has 0 radical (unpaired) electrons. The van der Waals surface area contributed by atoms with Gasteiger partial charge in [-0.05, 0) is 47.6 Å². The number of allylic oxidation sites excluding steroid dienone is 1. The van der Waals surface area contributed by atoms with E-state index in [9.17, 15) is 4.79 Å². The second-order valence-corrected chi connectivity index (χ2v) is 8.63. The zero-order valence-electron chi connectivity index (χ0n) is 17.8. The van der Waals surface area contributed by atoms with Gasteiger partial charge in [0.2, 0.25) is 0 Å². The Morgan fingerprint density at radius 2 is 1.93 bits per heavy atom. The van der Waals surface area contributed by atoms with Crippen molar-refractivity contribution in [3.63, 3.8) is 0 Å². The summed E-state index contributed by atoms with van der Waals surface area (Å²) in [6.45, 7) is 7.60. The number of carboxylic acid groups (broad SMARTS) is 1. The predicted octanol–water partition coefficient (Wildman–Crippen LogP) is 6.82. The third-order valence-electron chi connectivity index (χ3n) is 5.94. The van der Waals surface area contributed by atoms with Gasteiger partial charge in [-0.25, -0.2) is 4.79 Å². The van der Waals surface area contributed by atoms with E-state index in [0.29, 0.717) is 11.5 Å². The molecule has 0 fully saturated rings. The van der Waals surface area contributed by atoms with Gasteiger partial charge in [0.25, 0.3) is 0 Å². The topological polar surface area (TPSA) is 46.5 Å². The lowest BCUT2D eigenvalue weighted by atomic mass is 9.78. The quantitative estimate of drug-likeness (QED) is 0.501. The molecule has 0 amide bonds. The highest BCUT2D eigenvalue weighted by atomic mass is 16.5. The fourth-order valence-corrected chi connectivity index (χ4v) is 3.94. The molecule has 1 aliphatic heterocycles. The van der Waals surface area contributed by atoms with Gasteiger partial charge in [-0.15, -0.1) is 0 Å². The first-order chi connectivity index (χ1) is 13.9. The fraction of sp³-hybridized carbons (Fsp3) is 0.423. The van der Waals surface area contributed by atoms with E-state index in [2.05, 4.69) is 51.1 Å². The summed E-state index contributed by atoms with van der Waals surface area (Å²) in [5.74, 6) is 0.464. The number of fused-ring (bicyclic) bond motifs is 1. The summed E-state index contributed by atoms with van der Waals surface area (Å²) in [6, 6.07) is 13.7. The second kappa shape index (κ2) is 9.30. The molecule has 2 aromatic carbocycles. The fourth-order valence-electron chi connectivity index (χ4n) is 3.94. The van der Waals surface area contributed by atoms with Crippen LogP contribution in [-0.4, -0.2) is 17.7 Å². The zero-order chi connectivity index (χ0) is 20.9. The SMILES string of the molecule is CCCCC[C@H](C=Cc1ccc(C(=O)O)cc1)c1ccc2c(c1)C(C)(C)CCO2. The monoisotopic (exact) mass is 392 g/mol. The smallest absolute Gasteiger partial charge is 0.335 e. The van der Waals surface area contributed by atoms with Gasteiger partial charge in [-0.3, -0.25) is 0 Å². The number of benzene rings is 2. The van der Waals surface area contributed by atoms with Crippen LogP contribution >= 0.6 is 0 Å². The first-order valence-corrected chi connectivity index (χ1v) is 10.7. The van der Waals surface area contributed by atoms with E-state index in [-0.39, 0.29) is 5.41 Å². The number of carboxylic acids is 1. The molecule has 0 spiro atoms. The second-order valence-electron chi connectivity index (χ2n) is 8.63. The molecule has 0 aliphatic carbocycles. The van der Waals surface area contributed by atoms with E-state index in [1.54, 1.807) is 12.1 Å². The number of hydrogen-bond acceptors (Lipinski definition) is 2. The molecular formula is C26H32O3. The van der Waals surface area contributed by atoms with Crippen LogP contribution in [0.4, 0.5) is 0 Å². The molecule has 0 bridgehead atoms. The molecular weight excluding hydrogens is 360 g/mol. The lowest BCUT2D eigenvalue weighted by Gasteiger charge is -2.33. The van der Waals surface area contributed by atoms with E-state index in [4.69, 9.17) is 9.84 Å². The van der Waals surface area contributed by atoms with Crippen molar-refractivity contribution >= 4 is 12.0 Å². The predicted molar refractivity (Wildman–Crippen MR) is 119 cm³/mol. The van der Waals surface area contributed by atoms with E-state index in [1.165, 1.54) is 30.4 Å². The number of hydrogen-bond donors (Lipinski definition) is 1. The van der Waals surface area contributed by atoms with Gasteiger partial charge in [-0.1, -0.05) is 76.5 Å². The van der Waals surface area contributed by atoms with Crippen LogP contribution in [0.2, 0.25) is 0 Å². The highest BCUT2D eigenvalue weighted by Crippen LogP contribution is 2.40. The van der Waals surface area contributed by atoms with Crippen molar-refractivity contribution in [3.05, 3.63) is 70.8 Å². The summed E-state index contributed by atoms with van der Waals surface area (Å²) in [4.78, 5) is 11.1. The highest BCUT2D eigenvalue weighted by molar-refractivity contribution is 5.87. The van der Waals surface area contributed by atoms with Crippen molar-refractivity contribution in [2.24, 2.45) is 0 Å². The molecule has 0 aromatic heterocycles. The van der Waals surface area contributed by atoms with Crippen LogP contribution in [0, 0.1) is 0 Å². The van der Waals surface area contributed by atoms with Crippen LogP contribution in [0.15, 0.2) is 48.5 Å². The number of carbonyl (C=O) groups is 1. The third kappa shape index (κ3) is 5.29. The summed E-state index contributed by atoms with van der Waals surface area (Å²) >= 11 is 0. The molecule has 29 heavy (non-hydrogen) atoms. The number of aromatic carboxylic acids is 1. The van der Waals surface area contributed by atoms with Gasteiger partial charge < -0.3 is 9.84 Å². The Labute approximate surface area is 174 Å². The van der Waals surface area contributed by atoms with E-state index >= 15 is 0 Å². The van der Waals surface area contributed by atoms with Gasteiger partial charge >= 0.3 is 5.97 Å². The minimum Gasteiger partial charge on any atom is -0.493 e. The van der Waals surface area contributed by atoms with Crippen LogP contribution in [0.1, 0.15) is 85.8 Å². The van der Waals surface area contributed by atoms with Crippen molar-refractivity contribution in [3.8, 4) is 5.75 Å². The van der Waals surface area contributed by atoms with Gasteiger partial charge in [0.1, 0.15) is 5.75 Å². The van der Waals surface area contributed by atoms with Crippen LogP contribution in [0.25, 0.3) is 6.08 Å². The lowest BCUT2D eigenvalue weighted by molar-refractivity contribution is 0.0697. The Morgan fingerprint density at radius 3 is 2.62 bits per heavy atom. The minimum atomic E-state index is -0.892. The minimum absolute atomic E-state index is 0.133. The molecule has 154 valence electrons. The van der Waals surface area contributed by atoms with Crippen molar-refractivity contribution in [1.82, 2.24) is 0 Å². The maximum absolute atomic E-state index is 11.1. The standard InChI is InChI=1S/C26H32O3/c1-4-5-6-7-20(11-8-19-9-12-21(13-10-19)25(27)28)22-14-15-24-23(18-22)26(2,3)16-17-29-24/h8-15,18,20H,4-7,16-17H2,1-3H3,(H,27,28)/t20-/m1/s1. The lowest BCUT2D eigenvalue weighted by Crippen LogP contribution is -2.26. The Hall–Kier alpha value is -2.55. The molecule has 1 N–H and O–H groups in total. The summed E-state index contributed by atoms with van der Waals surface area (Å²) in [6.07, 6.45) is 10.2. The van der Waals surface area contributed by atoms with Crippen LogP contribution < -0.4 is 4.74 Å². The zero-order valence-corrected chi connectivity index (χ0v) is 17.8. The maximum Gasteiger partial charge on any atom is 0.335 e. The molecule has 0 saturated carbocycles.